The van der Waals surface area contributed by atoms with Gasteiger partial charge >= 0.3 is 0 Å². The summed E-state index contributed by atoms with van der Waals surface area (Å²) >= 11 is 0. The fourth-order valence-corrected chi connectivity index (χ4v) is 12.3. The maximum absolute atomic E-state index is 2.79. The Morgan fingerprint density at radius 1 is 0.760 bits per heavy atom. The molecule has 0 N–H and O–H groups in total. The van der Waals surface area contributed by atoms with Crippen molar-refractivity contribution < 1.29 is 0 Å². The van der Waals surface area contributed by atoms with Gasteiger partial charge in [0.25, 0.3) is 0 Å². The smallest absolute Gasteiger partial charge is 0.0376 e. The van der Waals surface area contributed by atoms with Gasteiger partial charge in [0.1, 0.15) is 0 Å². The highest BCUT2D eigenvalue weighted by atomic mass is 15.0. The molecule has 25 heavy (non-hydrogen) atoms. The fraction of sp³-hybridized carbons (Fsp3) is 0.600. The Labute approximate surface area is 147 Å². The van der Waals surface area contributed by atoms with Crippen LogP contribution in [-0.2, 0) is 0 Å². The van der Waals surface area contributed by atoms with Crippen LogP contribution in [0.3, 0.4) is 0 Å². The first kappa shape index (κ1) is 10.8. The van der Waals surface area contributed by atoms with Gasteiger partial charge < -0.3 is 0 Å². The first-order chi connectivity index (χ1) is 12.3. The van der Waals surface area contributed by atoms with E-state index in [2.05, 4.69) is 17.7 Å². The first-order valence-corrected chi connectivity index (χ1v) is 11.0. The summed E-state index contributed by atoms with van der Waals surface area (Å²) in [6.45, 7) is 0. The quantitative estimate of drug-likeness (QED) is 0.550. The summed E-state index contributed by atoms with van der Waals surface area (Å²) in [5.74, 6) is 4.08. The minimum absolute atomic E-state index is 0.533. The average Bonchev–Trinajstić information content (AvgIpc) is 2.75. The molecule has 11 aliphatic carbocycles. The molecule has 8 atom stereocenters. The predicted molar refractivity (Wildman–Crippen MR) is 93.3 cm³/mol. The molecule has 0 heteroatoms. The normalized spacial score (nSPS) is 67.5. The van der Waals surface area contributed by atoms with Crippen LogP contribution in [0.1, 0.15) is 44.9 Å². The topological polar surface area (TPSA) is 0 Å². The van der Waals surface area contributed by atoms with Crippen LogP contribution in [0, 0.1) is 45.3 Å². The summed E-state index contributed by atoms with van der Waals surface area (Å²) in [5.41, 5.74) is 18.2. The number of hydrogen-bond acceptors (Lipinski definition) is 0. The maximum atomic E-state index is 2.79. The number of fused-ring (bicyclic) bond motifs is 3. The maximum Gasteiger partial charge on any atom is 0.0376 e. The summed E-state index contributed by atoms with van der Waals surface area (Å²) in [7, 11) is 0. The van der Waals surface area contributed by atoms with E-state index in [0.717, 1.165) is 23.7 Å². The second-order valence-electron chi connectivity index (χ2n) is 11.5. The molecule has 0 saturated heterocycles. The standard InChI is InChI=1S/C25H20/c1-2-10-4-6-22-8-12-14-15-13-9-23-7-5-11(3-1)25(23)21(24(10,22)25)18(16(14)19(12)22)17(15)20(13)23/h4-5,12-15H,1-3,6-9H2. The molecule has 0 aliphatic heterocycles. The summed E-state index contributed by atoms with van der Waals surface area (Å²) in [6, 6.07) is 0. The average molecular weight is 320 g/mol. The van der Waals surface area contributed by atoms with Crippen LogP contribution in [0.5, 0.6) is 0 Å². The SMILES string of the molecule is C1=C2CCCC3=CCC45CC6C4=C4C7=C8C2(C2(C1)CC1C2=C7C1C46)C385. The zero-order valence-corrected chi connectivity index (χ0v) is 14.4. The van der Waals surface area contributed by atoms with Gasteiger partial charge in [0.05, 0.1) is 0 Å². The molecule has 0 aromatic rings. The van der Waals surface area contributed by atoms with Gasteiger partial charge in [0, 0.05) is 21.7 Å². The van der Waals surface area contributed by atoms with Crippen molar-refractivity contribution in [2.24, 2.45) is 45.3 Å². The minimum Gasteiger partial charge on any atom is -0.0834 e. The van der Waals surface area contributed by atoms with Crippen molar-refractivity contribution in [1.82, 2.24) is 0 Å². The zero-order valence-electron chi connectivity index (χ0n) is 14.4. The molecule has 0 nitrogen and oxygen atoms in total. The fourth-order valence-electron chi connectivity index (χ4n) is 12.3. The molecule has 11 aliphatic rings. The van der Waals surface area contributed by atoms with Gasteiger partial charge in [-0.15, -0.1) is 0 Å². The van der Waals surface area contributed by atoms with Gasteiger partial charge in [0.2, 0.25) is 0 Å². The van der Waals surface area contributed by atoms with Crippen LogP contribution in [-0.4, -0.2) is 0 Å². The van der Waals surface area contributed by atoms with Gasteiger partial charge in [0.15, 0.2) is 0 Å². The highest BCUT2D eigenvalue weighted by Gasteiger charge is 2.99. The monoisotopic (exact) mass is 320 g/mol. The van der Waals surface area contributed by atoms with E-state index in [-0.39, 0.29) is 0 Å². The van der Waals surface area contributed by atoms with Crippen molar-refractivity contribution in [3.63, 3.8) is 0 Å². The van der Waals surface area contributed by atoms with Crippen LogP contribution in [0.4, 0.5) is 0 Å². The van der Waals surface area contributed by atoms with Crippen LogP contribution < -0.4 is 0 Å². The molecule has 0 bridgehead atoms. The lowest BCUT2D eigenvalue weighted by atomic mass is 9.32. The van der Waals surface area contributed by atoms with Crippen LogP contribution >= 0.6 is 0 Å². The Morgan fingerprint density at radius 2 is 1.32 bits per heavy atom. The van der Waals surface area contributed by atoms with Crippen LogP contribution in [0.15, 0.2) is 56.7 Å². The van der Waals surface area contributed by atoms with Gasteiger partial charge in [-0.2, -0.15) is 0 Å². The van der Waals surface area contributed by atoms with E-state index >= 15 is 0 Å². The highest BCUT2D eigenvalue weighted by Crippen LogP contribution is 3.06. The van der Waals surface area contributed by atoms with Crippen molar-refractivity contribution in [2.75, 3.05) is 0 Å². The van der Waals surface area contributed by atoms with Crippen molar-refractivity contribution >= 4 is 0 Å². The van der Waals surface area contributed by atoms with E-state index in [1.807, 2.05) is 39.0 Å². The molecule has 0 amide bonds. The summed E-state index contributed by atoms with van der Waals surface area (Å²) in [6.07, 6.45) is 15.8. The summed E-state index contributed by atoms with van der Waals surface area (Å²) in [5, 5.41) is 0. The Hall–Kier alpha value is -1.30. The molecule has 0 heterocycles. The number of allylic oxidation sites excluding steroid dienone is 10. The molecule has 120 valence electrons. The van der Waals surface area contributed by atoms with E-state index in [9.17, 15) is 0 Å². The van der Waals surface area contributed by atoms with E-state index in [4.69, 9.17) is 0 Å². The van der Waals surface area contributed by atoms with E-state index in [0.29, 0.717) is 21.7 Å². The highest BCUT2D eigenvalue weighted by molar-refractivity contribution is 5.92. The van der Waals surface area contributed by atoms with E-state index in [1.54, 1.807) is 12.8 Å². The molecular formula is C25H20. The Kier molecular flexibility index (Phi) is 1.00. The predicted octanol–water partition coefficient (Wildman–Crippen LogP) is 5.02. The summed E-state index contributed by atoms with van der Waals surface area (Å²) < 4.78 is 0. The van der Waals surface area contributed by atoms with Gasteiger partial charge in [-0.1, -0.05) is 34.4 Å². The number of rotatable bonds is 0. The van der Waals surface area contributed by atoms with Crippen molar-refractivity contribution in [3.8, 4) is 0 Å². The first-order valence-electron chi connectivity index (χ1n) is 11.0. The third-order valence-corrected chi connectivity index (χ3v) is 12.1. The molecule has 4 spiro atoms. The van der Waals surface area contributed by atoms with E-state index < -0.39 is 0 Å². The Morgan fingerprint density at radius 3 is 1.88 bits per heavy atom. The summed E-state index contributed by atoms with van der Waals surface area (Å²) in [4.78, 5) is 0. The molecular weight excluding hydrogens is 300 g/mol. The molecule has 0 aromatic heterocycles. The lowest BCUT2D eigenvalue weighted by Crippen LogP contribution is -2.64. The van der Waals surface area contributed by atoms with Gasteiger partial charge in [-0.05, 0) is 90.9 Å². The minimum atomic E-state index is 0.533. The third kappa shape index (κ3) is 0.528. The van der Waals surface area contributed by atoms with Crippen molar-refractivity contribution in [3.05, 3.63) is 56.7 Å². The number of hydrogen-bond donors (Lipinski definition) is 0. The van der Waals surface area contributed by atoms with Crippen molar-refractivity contribution in [1.29, 1.82) is 0 Å². The second kappa shape index (κ2) is 2.33. The van der Waals surface area contributed by atoms with Gasteiger partial charge in [-0.25, -0.2) is 0 Å². The van der Waals surface area contributed by atoms with Gasteiger partial charge in [-0.3, -0.25) is 0 Å². The Bertz CT molecular complexity index is 1080. The van der Waals surface area contributed by atoms with Crippen molar-refractivity contribution in [2.45, 2.75) is 44.9 Å². The largest absolute Gasteiger partial charge is 0.0834 e. The zero-order chi connectivity index (χ0) is 15.3. The molecule has 11 rings (SSSR count). The lowest BCUT2D eigenvalue weighted by Gasteiger charge is -2.70. The lowest BCUT2D eigenvalue weighted by molar-refractivity contribution is -0.0710. The van der Waals surface area contributed by atoms with Crippen LogP contribution in [0.25, 0.3) is 0 Å². The molecule has 0 radical (unpaired) electrons. The second-order valence-corrected chi connectivity index (χ2v) is 11.5. The molecule has 8 unspecified atom stereocenters. The molecule has 5 saturated carbocycles. The molecule has 0 aromatic carbocycles. The van der Waals surface area contributed by atoms with Crippen LogP contribution in [0.2, 0.25) is 0 Å². The third-order valence-electron chi connectivity index (χ3n) is 12.1. The molecule has 5 fully saturated rings. The Balaban J connectivity index is 1.46. The van der Waals surface area contributed by atoms with E-state index in [1.165, 1.54) is 32.1 Å².